The van der Waals surface area contributed by atoms with Gasteiger partial charge in [0.25, 0.3) is 0 Å². The van der Waals surface area contributed by atoms with Crippen LogP contribution >= 0.6 is 0 Å². The summed E-state index contributed by atoms with van der Waals surface area (Å²) in [6.45, 7) is 16.9. The van der Waals surface area contributed by atoms with Gasteiger partial charge in [0.15, 0.2) is 8.32 Å². The normalized spacial score (nSPS) is 15.4. The van der Waals surface area contributed by atoms with E-state index in [1.54, 1.807) is 0 Å². The fraction of sp³-hybridized carbons (Fsp3) is 0.923. The first-order valence-electron chi connectivity index (χ1n) is 6.48. The lowest BCUT2D eigenvalue weighted by Crippen LogP contribution is -2.52. The molecule has 0 aliphatic rings. The van der Waals surface area contributed by atoms with Gasteiger partial charge in [-0.25, -0.2) is 0 Å². The monoisotopic (exact) mass is 274 g/mol. The molecule has 1 atom stereocenters. The summed E-state index contributed by atoms with van der Waals surface area (Å²) in [5.74, 6) is -0.152. The fourth-order valence-electron chi connectivity index (χ4n) is 1.05. The summed E-state index contributed by atoms with van der Waals surface area (Å²) in [7, 11) is -1.83. The van der Waals surface area contributed by atoms with Crippen LogP contribution in [0.25, 0.3) is 0 Å². The standard InChI is InChI=1S/C13H30N2O2Si/c1-12(2,3)15-11(16)10(14)9-17-18(7,8)13(4,5)6/h10H,9,14H2,1-8H3,(H,15,16). The zero-order valence-corrected chi connectivity index (χ0v) is 14.2. The van der Waals surface area contributed by atoms with Crippen molar-refractivity contribution in [2.24, 2.45) is 5.73 Å². The Hall–Kier alpha value is -0.393. The molecule has 0 aliphatic carbocycles. The molecule has 0 aromatic carbocycles. The zero-order valence-electron chi connectivity index (χ0n) is 13.2. The number of nitrogens with two attached hydrogens (primary N) is 1. The first kappa shape index (κ1) is 17.6. The maximum absolute atomic E-state index is 11.8. The molecule has 0 saturated heterocycles. The fourth-order valence-corrected chi connectivity index (χ4v) is 2.08. The second-order valence-corrected chi connectivity index (χ2v) is 12.2. The minimum absolute atomic E-state index is 0.132. The highest BCUT2D eigenvalue weighted by atomic mass is 28.4. The topological polar surface area (TPSA) is 64.4 Å². The highest BCUT2D eigenvalue weighted by Gasteiger charge is 2.37. The van der Waals surface area contributed by atoms with E-state index in [1.165, 1.54) is 0 Å². The predicted molar refractivity (Wildman–Crippen MR) is 79.0 cm³/mol. The number of carbonyl (C=O) groups excluding carboxylic acids is 1. The zero-order chi connectivity index (χ0) is 14.8. The van der Waals surface area contributed by atoms with Crippen LogP contribution in [-0.2, 0) is 9.22 Å². The van der Waals surface area contributed by atoms with Gasteiger partial charge in [0.2, 0.25) is 5.91 Å². The summed E-state index contributed by atoms with van der Waals surface area (Å²) >= 11 is 0. The predicted octanol–water partition coefficient (Wildman–Crippen LogP) is 2.25. The molecule has 0 fully saturated rings. The summed E-state index contributed by atoms with van der Waals surface area (Å²) in [5, 5.41) is 3.00. The number of amides is 1. The molecule has 0 aliphatic heterocycles. The van der Waals surface area contributed by atoms with Gasteiger partial charge in [-0.15, -0.1) is 0 Å². The van der Waals surface area contributed by atoms with E-state index < -0.39 is 14.4 Å². The third kappa shape index (κ3) is 5.98. The molecule has 4 nitrogen and oxygen atoms in total. The average molecular weight is 274 g/mol. The highest BCUT2D eigenvalue weighted by molar-refractivity contribution is 6.74. The maximum Gasteiger partial charge on any atom is 0.239 e. The Kier molecular flexibility index (Phi) is 5.59. The summed E-state index contributed by atoms with van der Waals surface area (Å²) in [4.78, 5) is 11.8. The molecule has 0 bridgehead atoms. The summed E-state index contributed by atoms with van der Waals surface area (Å²) in [6.07, 6.45) is 0. The molecule has 5 heteroatoms. The summed E-state index contributed by atoms with van der Waals surface area (Å²) in [5.41, 5.74) is 5.60. The Morgan fingerprint density at radius 3 is 2.00 bits per heavy atom. The van der Waals surface area contributed by atoms with Gasteiger partial charge < -0.3 is 15.5 Å². The van der Waals surface area contributed by atoms with Gasteiger partial charge in [0, 0.05) is 5.54 Å². The number of hydrogen-bond acceptors (Lipinski definition) is 3. The number of hydrogen-bond donors (Lipinski definition) is 2. The molecule has 108 valence electrons. The molecule has 18 heavy (non-hydrogen) atoms. The Labute approximate surface area is 113 Å². The minimum Gasteiger partial charge on any atom is -0.415 e. The van der Waals surface area contributed by atoms with E-state index in [-0.39, 0.29) is 16.5 Å². The number of nitrogens with one attached hydrogen (secondary N) is 1. The average Bonchev–Trinajstić information content (AvgIpc) is 2.09. The Morgan fingerprint density at radius 1 is 1.22 bits per heavy atom. The van der Waals surface area contributed by atoms with E-state index in [1.807, 2.05) is 20.8 Å². The molecule has 1 amide bonds. The molecular formula is C13H30N2O2Si. The minimum atomic E-state index is -1.83. The molecule has 3 N–H and O–H groups in total. The molecule has 0 rings (SSSR count). The van der Waals surface area contributed by atoms with Gasteiger partial charge in [-0.05, 0) is 38.9 Å². The van der Waals surface area contributed by atoms with Crippen LogP contribution in [0.5, 0.6) is 0 Å². The van der Waals surface area contributed by atoms with Crippen LogP contribution in [-0.4, -0.2) is 32.4 Å². The lowest BCUT2D eigenvalue weighted by Gasteiger charge is -2.37. The largest absolute Gasteiger partial charge is 0.415 e. The molecule has 0 saturated carbocycles. The molecule has 0 spiro atoms. The van der Waals surface area contributed by atoms with Crippen molar-refractivity contribution in [3.05, 3.63) is 0 Å². The van der Waals surface area contributed by atoms with Crippen LogP contribution in [0.4, 0.5) is 0 Å². The van der Waals surface area contributed by atoms with Gasteiger partial charge >= 0.3 is 0 Å². The second-order valence-electron chi connectivity index (χ2n) is 7.42. The first-order valence-corrected chi connectivity index (χ1v) is 9.39. The van der Waals surface area contributed by atoms with E-state index >= 15 is 0 Å². The van der Waals surface area contributed by atoms with E-state index in [9.17, 15) is 4.79 Å². The van der Waals surface area contributed by atoms with Gasteiger partial charge in [0.05, 0.1) is 6.61 Å². The van der Waals surface area contributed by atoms with Gasteiger partial charge in [-0.1, -0.05) is 20.8 Å². The van der Waals surface area contributed by atoms with Crippen LogP contribution in [0.2, 0.25) is 18.1 Å². The Bertz CT molecular complexity index is 290. The number of carbonyl (C=O) groups is 1. The Morgan fingerprint density at radius 2 is 1.67 bits per heavy atom. The van der Waals surface area contributed by atoms with Crippen molar-refractivity contribution >= 4 is 14.2 Å². The first-order chi connectivity index (χ1) is 7.76. The van der Waals surface area contributed by atoms with Crippen molar-refractivity contribution in [1.29, 1.82) is 0 Å². The highest BCUT2D eigenvalue weighted by Crippen LogP contribution is 2.36. The van der Waals surface area contributed by atoms with Crippen molar-refractivity contribution in [1.82, 2.24) is 5.32 Å². The molecule has 1 unspecified atom stereocenters. The maximum atomic E-state index is 11.8. The van der Waals surface area contributed by atoms with Crippen LogP contribution in [0.3, 0.4) is 0 Å². The van der Waals surface area contributed by atoms with Crippen LogP contribution < -0.4 is 11.1 Å². The van der Waals surface area contributed by atoms with E-state index in [0.29, 0.717) is 6.61 Å². The van der Waals surface area contributed by atoms with Gasteiger partial charge in [-0.3, -0.25) is 4.79 Å². The van der Waals surface area contributed by atoms with Crippen LogP contribution in [0.1, 0.15) is 41.5 Å². The third-order valence-corrected chi connectivity index (χ3v) is 7.77. The number of rotatable bonds is 4. The molecule has 0 heterocycles. The molecule has 0 radical (unpaired) electrons. The van der Waals surface area contributed by atoms with Crippen LogP contribution in [0.15, 0.2) is 0 Å². The molecule has 0 aromatic rings. The smallest absolute Gasteiger partial charge is 0.239 e. The van der Waals surface area contributed by atoms with Crippen molar-refractivity contribution in [2.75, 3.05) is 6.61 Å². The molecule has 0 aromatic heterocycles. The van der Waals surface area contributed by atoms with Crippen molar-refractivity contribution in [3.8, 4) is 0 Å². The lowest BCUT2D eigenvalue weighted by molar-refractivity contribution is -0.124. The summed E-state index contributed by atoms with van der Waals surface area (Å²) in [6, 6.07) is -0.599. The van der Waals surface area contributed by atoms with E-state index in [4.69, 9.17) is 10.2 Å². The van der Waals surface area contributed by atoms with Gasteiger partial charge in [0.1, 0.15) is 6.04 Å². The Balaban J connectivity index is 4.35. The second kappa shape index (κ2) is 5.71. The van der Waals surface area contributed by atoms with Crippen LogP contribution in [0, 0.1) is 0 Å². The van der Waals surface area contributed by atoms with E-state index in [2.05, 4.69) is 39.2 Å². The quantitative estimate of drug-likeness (QED) is 0.773. The van der Waals surface area contributed by atoms with Crippen molar-refractivity contribution < 1.29 is 9.22 Å². The van der Waals surface area contributed by atoms with Crippen molar-refractivity contribution in [2.45, 2.75) is 71.3 Å². The SMILES string of the molecule is CC(C)(C)NC(=O)C(N)CO[Si](C)(C)C(C)(C)C. The lowest BCUT2D eigenvalue weighted by atomic mass is 10.1. The summed E-state index contributed by atoms with van der Waals surface area (Å²) < 4.78 is 5.94. The van der Waals surface area contributed by atoms with E-state index in [0.717, 1.165) is 0 Å². The van der Waals surface area contributed by atoms with Gasteiger partial charge in [-0.2, -0.15) is 0 Å². The molecular weight excluding hydrogens is 244 g/mol. The van der Waals surface area contributed by atoms with Crippen molar-refractivity contribution in [3.63, 3.8) is 0 Å². The third-order valence-electron chi connectivity index (χ3n) is 3.26.